The van der Waals surface area contributed by atoms with E-state index in [0.29, 0.717) is 17.8 Å². The average molecular weight is 425 g/mol. The lowest BCUT2D eigenvalue weighted by Crippen LogP contribution is -2.22. The van der Waals surface area contributed by atoms with Crippen LogP contribution < -0.4 is 11.1 Å². The fraction of sp³-hybridized carbons (Fsp3) is 0.381. The van der Waals surface area contributed by atoms with Crippen molar-refractivity contribution in [2.45, 2.75) is 38.2 Å². The molecule has 0 aromatic heterocycles. The summed E-state index contributed by atoms with van der Waals surface area (Å²) in [5, 5.41) is 23.0. The third kappa shape index (κ3) is 6.67. The van der Waals surface area contributed by atoms with E-state index in [4.69, 9.17) is 34.0 Å². The summed E-state index contributed by atoms with van der Waals surface area (Å²) in [4.78, 5) is 10.9. The first-order valence-electron chi connectivity index (χ1n) is 9.31. The van der Waals surface area contributed by atoms with Gasteiger partial charge in [0.1, 0.15) is 0 Å². The zero-order chi connectivity index (χ0) is 20.5. The number of hydrogen-bond donors (Lipinski definition) is 4. The van der Waals surface area contributed by atoms with Gasteiger partial charge in [-0.2, -0.15) is 0 Å². The minimum Gasteiger partial charge on any atom is -0.481 e. The highest BCUT2D eigenvalue weighted by Crippen LogP contribution is 2.34. The number of nitrogen functional groups attached to an aromatic ring is 1. The molecule has 2 rings (SSSR count). The highest BCUT2D eigenvalue weighted by Gasteiger charge is 2.15. The molecule has 152 valence electrons. The van der Waals surface area contributed by atoms with Crippen LogP contribution in [0.2, 0.25) is 10.0 Å². The highest BCUT2D eigenvalue weighted by atomic mass is 35.5. The Labute approximate surface area is 175 Å². The quantitative estimate of drug-likeness (QED) is 0.319. The first kappa shape index (κ1) is 22.5. The summed E-state index contributed by atoms with van der Waals surface area (Å²) in [7, 11) is 0. The molecule has 0 fully saturated rings. The van der Waals surface area contributed by atoms with E-state index < -0.39 is 12.1 Å². The number of halogens is 2. The van der Waals surface area contributed by atoms with Crippen molar-refractivity contribution in [2.75, 3.05) is 18.8 Å². The minimum absolute atomic E-state index is 0.0628. The Bertz CT molecular complexity index is 799. The second-order valence-corrected chi connectivity index (χ2v) is 7.50. The smallest absolute Gasteiger partial charge is 0.307 e. The number of nitrogens with one attached hydrogen (secondary N) is 1. The van der Waals surface area contributed by atoms with Gasteiger partial charge in [0.15, 0.2) is 0 Å². The summed E-state index contributed by atoms with van der Waals surface area (Å²) in [5.41, 5.74) is 8.62. The zero-order valence-corrected chi connectivity index (χ0v) is 17.1. The molecule has 0 aliphatic carbocycles. The molecule has 0 bridgehead atoms. The number of aliphatic hydroxyl groups excluding tert-OH is 1. The van der Waals surface area contributed by atoms with Crippen LogP contribution in [-0.4, -0.2) is 29.3 Å². The molecule has 0 aliphatic heterocycles. The van der Waals surface area contributed by atoms with Gasteiger partial charge in [0.2, 0.25) is 0 Å². The van der Waals surface area contributed by atoms with Crippen LogP contribution in [0.5, 0.6) is 0 Å². The SMILES string of the molecule is Nc1ccc(C(O)CNCCCCCc2ccccc2CC(=O)O)c(Cl)c1Cl. The number of aliphatic hydroxyl groups is 1. The van der Waals surface area contributed by atoms with Crippen LogP contribution in [0.4, 0.5) is 5.69 Å². The third-order valence-corrected chi connectivity index (χ3v) is 5.51. The highest BCUT2D eigenvalue weighted by molar-refractivity contribution is 6.44. The maximum Gasteiger partial charge on any atom is 0.307 e. The Morgan fingerprint density at radius 2 is 1.75 bits per heavy atom. The molecule has 0 saturated carbocycles. The molecule has 0 aliphatic rings. The Morgan fingerprint density at radius 1 is 1.04 bits per heavy atom. The van der Waals surface area contributed by atoms with Gasteiger partial charge in [0.25, 0.3) is 0 Å². The van der Waals surface area contributed by atoms with Crippen LogP contribution in [0.1, 0.15) is 42.1 Å². The maximum absolute atomic E-state index is 10.9. The third-order valence-electron chi connectivity index (χ3n) is 4.60. The summed E-state index contributed by atoms with van der Waals surface area (Å²) in [6, 6.07) is 11.0. The molecule has 0 radical (unpaired) electrons. The predicted octanol–water partition coefficient (Wildman–Crippen LogP) is 4.24. The number of anilines is 1. The summed E-state index contributed by atoms with van der Waals surface area (Å²) < 4.78 is 0. The van der Waals surface area contributed by atoms with Gasteiger partial charge in [0, 0.05) is 12.1 Å². The fourth-order valence-corrected chi connectivity index (χ4v) is 3.53. The van der Waals surface area contributed by atoms with Crippen LogP contribution in [-0.2, 0) is 17.6 Å². The van der Waals surface area contributed by atoms with Crippen LogP contribution in [0, 0.1) is 0 Å². The van der Waals surface area contributed by atoms with Crippen molar-refractivity contribution in [3.8, 4) is 0 Å². The lowest BCUT2D eigenvalue weighted by Gasteiger charge is -2.15. The number of aliphatic carboxylic acids is 1. The molecule has 1 atom stereocenters. The number of carboxylic acid groups (broad SMARTS) is 1. The molecule has 0 amide bonds. The largest absolute Gasteiger partial charge is 0.481 e. The van der Waals surface area contributed by atoms with E-state index in [1.165, 1.54) is 0 Å². The topological polar surface area (TPSA) is 95.6 Å². The first-order chi connectivity index (χ1) is 13.4. The molecule has 1 unspecified atom stereocenters. The fourth-order valence-electron chi connectivity index (χ4n) is 3.06. The van der Waals surface area contributed by atoms with Crippen molar-refractivity contribution in [1.82, 2.24) is 5.32 Å². The number of hydrogen-bond acceptors (Lipinski definition) is 4. The number of aryl methyl sites for hydroxylation is 1. The van der Waals surface area contributed by atoms with Crippen LogP contribution in [0.15, 0.2) is 36.4 Å². The standard InChI is InChI=1S/C21H26Cl2N2O3/c22-20-16(9-10-17(24)21(20)23)18(26)13-25-11-5-1-2-6-14-7-3-4-8-15(14)12-19(27)28/h3-4,7-10,18,25-26H,1-2,5-6,11-13,24H2,(H,27,28). The summed E-state index contributed by atoms with van der Waals surface area (Å²) >= 11 is 12.2. The monoisotopic (exact) mass is 424 g/mol. The lowest BCUT2D eigenvalue weighted by atomic mass is 9.99. The van der Waals surface area contributed by atoms with Crippen molar-refractivity contribution in [3.05, 3.63) is 63.1 Å². The Hall–Kier alpha value is -1.79. The van der Waals surface area contributed by atoms with Crippen molar-refractivity contribution in [2.24, 2.45) is 0 Å². The van der Waals surface area contributed by atoms with Crippen LogP contribution in [0.3, 0.4) is 0 Å². The van der Waals surface area contributed by atoms with Crippen molar-refractivity contribution in [3.63, 3.8) is 0 Å². The summed E-state index contributed by atoms with van der Waals surface area (Å²) in [5.74, 6) is -0.808. The summed E-state index contributed by atoms with van der Waals surface area (Å²) in [6.07, 6.45) is 3.14. The number of carbonyl (C=O) groups is 1. The molecule has 5 N–H and O–H groups in total. The maximum atomic E-state index is 10.9. The molecular formula is C21H26Cl2N2O3. The van der Waals surface area contributed by atoms with E-state index in [9.17, 15) is 9.90 Å². The average Bonchev–Trinajstić information content (AvgIpc) is 2.66. The van der Waals surface area contributed by atoms with Crippen LogP contribution >= 0.6 is 23.2 Å². The van der Waals surface area contributed by atoms with Gasteiger partial charge in [-0.1, -0.05) is 60.0 Å². The van der Waals surface area contributed by atoms with E-state index in [0.717, 1.165) is 43.4 Å². The van der Waals surface area contributed by atoms with Crippen molar-refractivity contribution < 1.29 is 15.0 Å². The lowest BCUT2D eigenvalue weighted by molar-refractivity contribution is -0.136. The molecule has 28 heavy (non-hydrogen) atoms. The van der Waals surface area contributed by atoms with Crippen molar-refractivity contribution >= 4 is 34.9 Å². The molecule has 5 nitrogen and oxygen atoms in total. The normalized spacial score (nSPS) is 12.1. The number of benzene rings is 2. The molecule has 2 aromatic carbocycles. The molecule has 0 spiro atoms. The number of unbranched alkanes of at least 4 members (excludes halogenated alkanes) is 2. The second-order valence-electron chi connectivity index (χ2n) is 6.74. The van der Waals surface area contributed by atoms with Gasteiger partial charge in [-0.15, -0.1) is 0 Å². The van der Waals surface area contributed by atoms with Gasteiger partial charge in [-0.05, 0) is 43.0 Å². The van der Waals surface area contributed by atoms with Gasteiger partial charge in [-0.25, -0.2) is 0 Å². The van der Waals surface area contributed by atoms with Gasteiger partial charge < -0.3 is 21.3 Å². The first-order valence-corrected chi connectivity index (χ1v) is 10.1. The number of nitrogens with two attached hydrogens (primary N) is 1. The second kappa shape index (κ2) is 11.3. The van der Waals surface area contributed by atoms with Gasteiger partial charge in [0.05, 0.1) is 28.3 Å². The molecular weight excluding hydrogens is 399 g/mol. The Kier molecular flexibility index (Phi) is 9.06. The minimum atomic E-state index is -0.808. The molecule has 0 saturated heterocycles. The van der Waals surface area contributed by atoms with E-state index in [1.54, 1.807) is 12.1 Å². The molecule has 7 heteroatoms. The Balaban J connectivity index is 1.68. The van der Waals surface area contributed by atoms with Gasteiger partial charge in [-0.3, -0.25) is 4.79 Å². The number of carboxylic acids is 1. The predicted molar refractivity (Wildman–Crippen MR) is 114 cm³/mol. The van der Waals surface area contributed by atoms with E-state index >= 15 is 0 Å². The molecule has 2 aromatic rings. The van der Waals surface area contributed by atoms with E-state index in [-0.39, 0.29) is 16.5 Å². The van der Waals surface area contributed by atoms with E-state index in [1.807, 2.05) is 24.3 Å². The van der Waals surface area contributed by atoms with E-state index in [2.05, 4.69) is 5.32 Å². The Morgan fingerprint density at radius 3 is 2.46 bits per heavy atom. The van der Waals surface area contributed by atoms with Crippen molar-refractivity contribution in [1.29, 1.82) is 0 Å². The number of rotatable bonds is 11. The van der Waals surface area contributed by atoms with Gasteiger partial charge >= 0.3 is 5.97 Å². The molecule has 0 heterocycles. The zero-order valence-electron chi connectivity index (χ0n) is 15.6. The van der Waals surface area contributed by atoms with Crippen LogP contribution in [0.25, 0.3) is 0 Å². The summed E-state index contributed by atoms with van der Waals surface area (Å²) in [6.45, 7) is 1.15.